The predicted molar refractivity (Wildman–Crippen MR) is 69.8 cm³/mol. The lowest BCUT2D eigenvalue weighted by atomic mass is 9.81. The van der Waals surface area contributed by atoms with Crippen LogP contribution in [0.25, 0.3) is 0 Å². The lowest BCUT2D eigenvalue weighted by Gasteiger charge is -2.24. The quantitative estimate of drug-likeness (QED) is 0.805. The third-order valence-corrected chi connectivity index (χ3v) is 3.99. The summed E-state index contributed by atoms with van der Waals surface area (Å²) in [7, 11) is 0. The molecule has 16 heavy (non-hydrogen) atoms. The third-order valence-electron chi connectivity index (χ3n) is 3.14. The molecular weight excluding hydrogens is 287 g/mol. The summed E-state index contributed by atoms with van der Waals surface area (Å²) in [6.45, 7) is 0. The van der Waals surface area contributed by atoms with Crippen LogP contribution in [-0.4, -0.2) is 5.78 Å². The standard InChI is InChI=1S/C13H14BrClO/c14-11-5-4-10(13(15)8-11)7-12(16)6-9-2-1-3-9/h4-5,8-9H,1-3,6-7H2. The molecule has 1 aliphatic rings. The van der Waals surface area contributed by atoms with Gasteiger partial charge in [0.15, 0.2) is 0 Å². The van der Waals surface area contributed by atoms with E-state index in [-0.39, 0.29) is 0 Å². The molecule has 0 aliphatic heterocycles. The molecule has 0 saturated heterocycles. The minimum absolute atomic E-state index is 0.314. The molecule has 0 unspecified atom stereocenters. The summed E-state index contributed by atoms with van der Waals surface area (Å²) >= 11 is 9.43. The summed E-state index contributed by atoms with van der Waals surface area (Å²) in [5, 5.41) is 0.677. The minimum atomic E-state index is 0.314. The number of halogens is 2. The number of benzene rings is 1. The van der Waals surface area contributed by atoms with Crippen LogP contribution in [0.3, 0.4) is 0 Å². The monoisotopic (exact) mass is 300 g/mol. The number of hydrogen-bond donors (Lipinski definition) is 0. The first-order valence-corrected chi connectivity index (χ1v) is 6.78. The van der Waals surface area contributed by atoms with Gasteiger partial charge in [-0.25, -0.2) is 0 Å². The average molecular weight is 302 g/mol. The van der Waals surface area contributed by atoms with E-state index >= 15 is 0 Å². The molecule has 1 saturated carbocycles. The first-order chi connectivity index (χ1) is 7.65. The van der Waals surface area contributed by atoms with Crippen molar-refractivity contribution < 1.29 is 4.79 Å². The Kier molecular flexibility index (Phi) is 4.04. The summed E-state index contributed by atoms with van der Waals surface area (Å²) in [5.74, 6) is 0.954. The van der Waals surface area contributed by atoms with Crippen molar-refractivity contribution in [3.05, 3.63) is 33.3 Å². The lowest BCUT2D eigenvalue weighted by molar-refractivity contribution is -0.119. The van der Waals surface area contributed by atoms with Gasteiger partial charge >= 0.3 is 0 Å². The zero-order valence-corrected chi connectivity index (χ0v) is 11.4. The van der Waals surface area contributed by atoms with Gasteiger partial charge in [0, 0.05) is 22.3 Å². The first kappa shape index (κ1) is 12.1. The van der Waals surface area contributed by atoms with Crippen LogP contribution >= 0.6 is 27.5 Å². The fourth-order valence-electron chi connectivity index (χ4n) is 1.97. The normalized spacial score (nSPS) is 15.9. The Hall–Kier alpha value is -0.340. The van der Waals surface area contributed by atoms with Crippen LogP contribution in [0.15, 0.2) is 22.7 Å². The van der Waals surface area contributed by atoms with Gasteiger partial charge < -0.3 is 0 Å². The number of carbonyl (C=O) groups excluding carboxylic acids is 1. The number of carbonyl (C=O) groups is 1. The maximum Gasteiger partial charge on any atom is 0.137 e. The van der Waals surface area contributed by atoms with Gasteiger partial charge in [-0.2, -0.15) is 0 Å². The highest BCUT2D eigenvalue weighted by molar-refractivity contribution is 9.10. The number of rotatable bonds is 4. The van der Waals surface area contributed by atoms with Gasteiger partial charge in [-0.3, -0.25) is 4.79 Å². The van der Waals surface area contributed by atoms with Crippen molar-refractivity contribution in [2.75, 3.05) is 0 Å². The number of ketones is 1. The maximum atomic E-state index is 11.8. The highest BCUT2D eigenvalue weighted by Crippen LogP contribution is 2.30. The van der Waals surface area contributed by atoms with Crippen molar-refractivity contribution in [1.29, 1.82) is 0 Å². The summed E-state index contributed by atoms with van der Waals surface area (Å²) < 4.78 is 0.952. The number of hydrogen-bond acceptors (Lipinski definition) is 1. The van der Waals surface area contributed by atoms with Gasteiger partial charge in [-0.05, 0) is 23.6 Å². The molecule has 1 aromatic rings. The molecule has 0 heterocycles. The SMILES string of the molecule is O=C(Cc1ccc(Br)cc1Cl)CC1CCC1. The average Bonchev–Trinajstić information content (AvgIpc) is 2.16. The fraction of sp³-hybridized carbons (Fsp3) is 0.462. The van der Waals surface area contributed by atoms with E-state index < -0.39 is 0 Å². The molecule has 0 spiro atoms. The van der Waals surface area contributed by atoms with Crippen LogP contribution in [-0.2, 0) is 11.2 Å². The zero-order valence-electron chi connectivity index (χ0n) is 9.01. The smallest absolute Gasteiger partial charge is 0.137 e. The minimum Gasteiger partial charge on any atom is -0.299 e. The van der Waals surface area contributed by atoms with E-state index in [1.54, 1.807) is 0 Å². The first-order valence-electron chi connectivity index (χ1n) is 5.61. The molecule has 1 aromatic carbocycles. The molecule has 3 heteroatoms. The van der Waals surface area contributed by atoms with Gasteiger partial charge in [-0.1, -0.05) is 52.9 Å². The van der Waals surface area contributed by atoms with E-state index in [1.165, 1.54) is 19.3 Å². The van der Waals surface area contributed by atoms with E-state index in [1.807, 2.05) is 18.2 Å². The van der Waals surface area contributed by atoms with Crippen LogP contribution in [0.5, 0.6) is 0 Å². The molecule has 2 rings (SSSR count). The van der Waals surface area contributed by atoms with E-state index in [9.17, 15) is 4.79 Å². The Labute approximate surface area is 109 Å². The van der Waals surface area contributed by atoms with E-state index in [2.05, 4.69) is 15.9 Å². The molecule has 0 aromatic heterocycles. The lowest BCUT2D eigenvalue weighted by Crippen LogP contribution is -2.17. The predicted octanol–water partition coefficient (Wildman–Crippen LogP) is 4.40. The van der Waals surface area contributed by atoms with Crippen LogP contribution in [0.1, 0.15) is 31.2 Å². The second-order valence-electron chi connectivity index (χ2n) is 4.45. The van der Waals surface area contributed by atoms with Crippen LogP contribution in [0.2, 0.25) is 5.02 Å². The summed E-state index contributed by atoms with van der Waals surface area (Å²) in [6, 6.07) is 5.69. The topological polar surface area (TPSA) is 17.1 Å². The molecule has 0 atom stereocenters. The van der Waals surface area contributed by atoms with Crippen molar-refractivity contribution in [1.82, 2.24) is 0 Å². The van der Waals surface area contributed by atoms with Gasteiger partial charge in [0.25, 0.3) is 0 Å². The van der Waals surface area contributed by atoms with E-state index in [0.29, 0.717) is 23.1 Å². The largest absolute Gasteiger partial charge is 0.299 e. The summed E-state index contributed by atoms with van der Waals surface area (Å²) in [6.07, 6.45) is 4.94. The maximum absolute atomic E-state index is 11.8. The molecule has 1 aliphatic carbocycles. The molecule has 0 bridgehead atoms. The Balaban J connectivity index is 1.94. The highest BCUT2D eigenvalue weighted by atomic mass is 79.9. The van der Waals surface area contributed by atoms with Crippen molar-refractivity contribution in [3.63, 3.8) is 0 Å². The number of Topliss-reactive ketones (excluding diaryl/α,β-unsaturated/α-hetero) is 1. The second kappa shape index (κ2) is 5.33. The molecule has 86 valence electrons. The molecule has 0 radical (unpaired) electrons. The van der Waals surface area contributed by atoms with Crippen LogP contribution in [0.4, 0.5) is 0 Å². The Morgan fingerprint density at radius 1 is 1.44 bits per heavy atom. The Morgan fingerprint density at radius 2 is 2.19 bits per heavy atom. The molecule has 0 N–H and O–H groups in total. The van der Waals surface area contributed by atoms with Crippen molar-refractivity contribution >= 4 is 33.3 Å². The summed E-state index contributed by atoms with van der Waals surface area (Å²) in [5.41, 5.74) is 0.939. The van der Waals surface area contributed by atoms with E-state index in [0.717, 1.165) is 16.5 Å². The van der Waals surface area contributed by atoms with Gasteiger partial charge in [0.1, 0.15) is 5.78 Å². The highest BCUT2D eigenvalue weighted by Gasteiger charge is 2.20. The zero-order chi connectivity index (χ0) is 11.5. The Bertz CT molecular complexity index is 399. The van der Waals surface area contributed by atoms with Crippen molar-refractivity contribution in [2.24, 2.45) is 5.92 Å². The third kappa shape index (κ3) is 3.08. The fourth-order valence-corrected chi connectivity index (χ4v) is 2.71. The van der Waals surface area contributed by atoms with Crippen LogP contribution < -0.4 is 0 Å². The second-order valence-corrected chi connectivity index (χ2v) is 5.78. The van der Waals surface area contributed by atoms with Crippen molar-refractivity contribution in [2.45, 2.75) is 32.1 Å². The van der Waals surface area contributed by atoms with Crippen molar-refractivity contribution in [3.8, 4) is 0 Å². The van der Waals surface area contributed by atoms with Gasteiger partial charge in [0.05, 0.1) is 0 Å². The summed E-state index contributed by atoms with van der Waals surface area (Å²) in [4.78, 5) is 11.8. The van der Waals surface area contributed by atoms with Crippen LogP contribution in [0, 0.1) is 5.92 Å². The van der Waals surface area contributed by atoms with E-state index in [4.69, 9.17) is 11.6 Å². The molecule has 0 amide bonds. The van der Waals surface area contributed by atoms with Gasteiger partial charge in [0.2, 0.25) is 0 Å². The Morgan fingerprint density at radius 3 is 2.75 bits per heavy atom. The molecular formula is C13H14BrClO. The van der Waals surface area contributed by atoms with Gasteiger partial charge in [-0.15, -0.1) is 0 Å². The molecule has 1 fully saturated rings. The molecule has 1 nitrogen and oxygen atoms in total.